The third-order valence-corrected chi connectivity index (χ3v) is 8.63. The minimum Gasteiger partial charge on any atom is -0.355 e. The van der Waals surface area contributed by atoms with E-state index in [-0.39, 0.29) is 46.8 Å². The maximum absolute atomic E-state index is 14.0. The Morgan fingerprint density at radius 1 is 1.17 bits per heavy atom. The van der Waals surface area contributed by atoms with Gasteiger partial charge in [0.25, 0.3) is 0 Å². The molecule has 11 heteroatoms. The molecule has 1 fully saturated rings. The van der Waals surface area contributed by atoms with E-state index in [1.54, 1.807) is 18.2 Å². The van der Waals surface area contributed by atoms with Crippen molar-refractivity contribution in [1.82, 2.24) is 9.46 Å². The summed E-state index contributed by atoms with van der Waals surface area (Å²) in [6.07, 6.45) is 3.25. The lowest BCUT2D eigenvalue weighted by Gasteiger charge is -2.30. The first-order valence-corrected chi connectivity index (χ1v) is 13.0. The molecule has 0 saturated carbocycles. The quantitative estimate of drug-likeness (QED) is 0.454. The standard InChI is InChI=1S/C25H24ClF2N3O4S/c1-15-20(26)4-3-5-22(15)29-25(32)18-10-12-31(13-11-18)36(33,34)24-16(2)30-35-23(24)9-7-17-6-8-19(27)14-21(17)28/h3-9,14,18H,10-13H2,1-2H3,(H,29,32). The molecule has 0 aliphatic carbocycles. The molecule has 1 aliphatic heterocycles. The predicted molar refractivity (Wildman–Crippen MR) is 133 cm³/mol. The minimum atomic E-state index is -4.00. The minimum absolute atomic E-state index is 0.0625. The van der Waals surface area contributed by atoms with Crippen LogP contribution in [0.4, 0.5) is 14.5 Å². The molecule has 1 aliphatic rings. The van der Waals surface area contributed by atoms with Crippen molar-refractivity contribution in [1.29, 1.82) is 0 Å². The largest absolute Gasteiger partial charge is 0.355 e. The number of amides is 1. The highest BCUT2D eigenvalue weighted by molar-refractivity contribution is 7.89. The van der Waals surface area contributed by atoms with Gasteiger partial charge in [-0.25, -0.2) is 17.2 Å². The van der Waals surface area contributed by atoms with Gasteiger partial charge in [-0.1, -0.05) is 22.8 Å². The molecular formula is C25H24ClF2N3O4S. The van der Waals surface area contributed by atoms with Crippen molar-refractivity contribution in [2.75, 3.05) is 18.4 Å². The van der Waals surface area contributed by atoms with E-state index >= 15 is 0 Å². The summed E-state index contributed by atoms with van der Waals surface area (Å²) in [5, 5.41) is 7.20. The Balaban J connectivity index is 1.47. The molecule has 1 saturated heterocycles. The van der Waals surface area contributed by atoms with Crippen LogP contribution in [0.3, 0.4) is 0 Å². The summed E-state index contributed by atoms with van der Waals surface area (Å²) < 4.78 is 60.4. The molecule has 7 nitrogen and oxygen atoms in total. The number of nitrogens with one attached hydrogen (secondary N) is 1. The summed E-state index contributed by atoms with van der Waals surface area (Å²) in [6.45, 7) is 3.58. The van der Waals surface area contributed by atoms with Crippen LogP contribution in [0.1, 0.15) is 35.4 Å². The second-order valence-electron chi connectivity index (χ2n) is 8.54. The fraction of sp³-hybridized carbons (Fsp3) is 0.280. The molecule has 3 aromatic rings. The fourth-order valence-corrected chi connectivity index (χ4v) is 5.96. The van der Waals surface area contributed by atoms with Gasteiger partial charge >= 0.3 is 0 Å². The number of halogens is 3. The van der Waals surface area contributed by atoms with Gasteiger partial charge < -0.3 is 9.84 Å². The molecule has 2 heterocycles. The molecule has 0 spiro atoms. The van der Waals surface area contributed by atoms with Gasteiger partial charge in [0.05, 0.1) is 0 Å². The Labute approximate surface area is 212 Å². The van der Waals surface area contributed by atoms with Gasteiger partial charge in [0.15, 0.2) is 10.7 Å². The normalized spacial score (nSPS) is 15.5. The average Bonchev–Trinajstić information content (AvgIpc) is 3.22. The Kier molecular flexibility index (Phi) is 7.58. The number of hydrogen-bond donors (Lipinski definition) is 1. The van der Waals surface area contributed by atoms with Gasteiger partial charge in [0.1, 0.15) is 17.3 Å². The lowest BCUT2D eigenvalue weighted by atomic mass is 9.97. The number of sulfonamides is 1. The molecule has 1 amide bonds. The van der Waals surface area contributed by atoms with Gasteiger partial charge in [-0.2, -0.15) is 4.31 Å². The average molecular weight is 536 g/mol. The van der Waals surface area contributed by atoms with Crippen LogP contribution < -0.4 is 5.32 Å². The van der Waals surface area contributed by atoms with E-state index in [9.17, 15) is 22.0 Å². The number of carbonyl (C=O) groups is 1. The van der Waals surface area contributed by atoms with Gasteiger partial charge in [0, 0.05) is 41.3 Å². The Morgan fingerprint density at radius 2 is 1.89 bits per heavy atom. The molecule has 1 aromatic heterocycles. The topological polar surface area (TPSA) is 92.5 Å². The first-order valence-electron chi connectivity index (χ1n) is 11.2. The second kappa shape index (κ2) is 10.5. The number of benzene rings is 2. The van der Waals surface area contributed by atoms with Crippen LogP contribution in [-0.2, 0) is 14.8 Å². The highest BCUT2D eigenvalue weighted by Crippen LogP contribution is 2.30. The molecule has 2 aromatic carbocycles. The van der Waals surface area contributed by atoms with E-state index in [1.807, 2.05) is 6.92 Å². The summed E-state index contributed by atoms with van der Waals surface area (Å²) in [7, 11) is -4.00. The number of anilines is 1. The van der Waals surface area contributed by atoms with Crippen LogP contribution in [-0.4, -0.2) is 36.9 Å². The smallest absolute Gasteiger partial charge is 0.248 e. The molecule has 0 bridgehead atoms. The van der Waals surface area contributed by atoms with E-state index in [4.69, 9.17) is 16.1 Å². The molecule has 36 heavy (non-hydrogen) atoms. The van der Waals surface area contributed by atoms with Crippen molar-refractivity contribution >= 4 is 45.4 Å². The summed E-state index contributed by atoms with van der Waals surface area (Å²) in [4.78, 5) is 12.7. The highest BCUT2D eigenvalue weighted by atomic mass is 35.5. The third kappa shape index (κ3) is 5.35. The molecule has 0 radical (unpaired) electrons. The zero-order valence-electron chi connectivity index (χ0n) is 19.6. The van der Waals surface area contributed by atoms with E-state index in [2.05, 4.69) is 10.5 Å². The van der Waals surface area contributed by atoms with Crippen LogP contribution in [0.15, 0.2) is 45.8 Å². The van der Waals surface area contributed by atoms with Crippen molar-refractivity contribution < 1.29 is 26.5 Å². The lowest BCUT2D eigenvalue weighted by Crippen LogP contribution is -2.41. The van der Waals surface area contributed by atoms with Crippen LogP contribution in [0.2, 0.25) is 5.02 Å². The van der Waals surface area contributed by atoms with Crippen LogP contribution in [0.25, 0.3) is 12.2 Å². The zero-order chi connectivity index (χ0) is 26.0. The third-order valence-electron chi connectivity index (χ3n) is 6.16. The SMILES string of the molecule is Cc1noc(C=Cc2ccc(F)cc2F)c1S(=O)(=O)N1CCC(C(=O)Nc2cccc(Cl)c2C)CC1. The van der Waals surface area contributed by atoms with E-state index in [0.717, 1.165) is 17.7 Å². The van der Waals surface area contributed by atoms with Crippen molar-refractivity contribution in [3.05, 3.63) is 75.6 Å². The number of hydrogen-bond acceptors (Lipinski definition) is 5. The summed E-state index contributed by atoms with van der Waals surface area (Å²) in [5.41, 5.74) is 1.61. The van der Waals surface area contributed by atoms with Gasteiger partial charge in [0.2, 0.25) is 15.9 Å². The molecule has 1 N–H and O–H groups in total. The van der Waals surface area contributed by atoms with Crippen molar-refractivity contribution in [2.45, 2.75) is 31.6 Å². The van der Waals surface area contributed by atoms with Crippen LogP contribution >= 0.6 is 11.6 Å². The number of rotatable bonds is 6. The summed E-state index contributed by atoms with van der Waals surface area (Å²) >= 11 is 6.12. The molecule has 0 unspecified atom stereocenters. The summed E-state index contributed by atoms with van der Waals surface area (Å²) in [6, 6.07) is 8.32. The number of aryl methyl sites for hydroxylation is 1. The fourth-order valence-electron chi connectivity index (χ4n) is 4.07. The van der Waals surface area contributed by atoms with Gasteiger partial charge in [-0.15, -0.1) is 0 Å². The van der Waals surface area contributed by atoms with Crippen molar-refractivity contribution in [3.63, 3.8) is 0 Å². The van der Waals surface area contributed by atoms with Crippen LogP contribution in [0.5, 0.6) is 0 Å². The Morgan fingerprint density at radius 3 is 2.58 bits per heavy atom. The number of nitrogens with zero attached hydrogens (tertiary/aromatic N) is 2. The second-order valence-corrected chi connectivity index (χ2v) is 10.8. The van der Waals surface area contributed by atoms with Crippen molar-refractivity contribution in [3.8, 4) is 0 Å². The van der Waals surface area contributed by atoms with E-state index in [0.29, 0.717) is 23.6 Å². The van der Waals surface area contributed by atoms with Gasteiger partial charge in [-0.3, -0.25) is 4.79 Å². The molecule has 190 valence electrons. The maximum atomic E-state index is 14.0. The van der Waals surface area contributed by atoms with Crippen LogP contribution in [0, 0.1) is 31.4 Å². The predicted octanol–water partition coefficient (Wildman–Crippen LogP) is 5.43. The molecule has 4 rings (SSSR count). The Bertz CT molecular complexity index is 1430. The van der Waals surface area contributed by atoms with E-state index in [1.165, 1.54) is 29.4 Å². The monoisotopic (exact) mass is 535 g/mol. The first kappa shape index (κ1) is 26.0. The number of piperidine rings is 1. The van der Waals surface area contributed by atoms with Crippen molar-refractivity contribution in [2.24, 2.45) is 5.92 Å². The summed E-state index contributed by atoms with van der Waals surface area (Å²) in [5.74, 6) is -2.13. The molecule has 0 atom stereocenters. The Hall–Kier alpha value is -3.08. The van der Waals surface area contributed by atoms with E-state index < -0.39 is 21.7 Å². The first-order chi connectivity index (χ1) is 17.1. The number of aromatic nitrogens is 1. The zero-order valence-corrected chi connectivity index (χ0v) is 21.2. The lowest BCUT2D eigenvalue weighted by molar-refractivity contribution is -0.120. The maximum Gasteiger partial charge on any atom is 0.248 e. The highest BCUT2D eigenvalue weighted by Gasteiger charge is 2.36. The molecular weight excluding hydrogens is 512 g/mol. The number of carbonyl (C=O) groups excluding carboxylic acids is 1. The van der Waals surface area contributed by atoms with Gasteiger partial charge in [-0.05, 0) is 68.7 Å².